The molecule has 0 saturated heterocycles. The predicted molar refractivity (Wildman–Crippen MR) is 174 cm³/mol. The fourth-order valence-corrected chi connectivity index (χ4v) is 8.15. The highest BCUT2D eigenvalue weighted by Gasteiger charge is 2.34. The lowest BCUT2D eigenvalue weighted by molar-refractivity contribution is -0.130. The van der Waals surface area contributed by atoms with Crippen molar-refractivity contribution < 1.29 is 33.3 Å². The number of phosphoric ester groups is 1. The summed E-state index contributed by atoms with van der Waals surface area (Å²) in [4.78, 5) is 61.5. The molecule has 5 rings (SSSR count). The van der Waals surface area contributed by atoms with Crippen LogP contribution >= 0.6 is 19.6 Å². The van der Waals surface area contributed by atoms with E-state index >= 15 is 0 Å². The normalized spacial score (nSPS) is 19.4. The van der Waals surface area contributed by atoms with Gasteiger partial charge in [0.15, 0.2) is 5.75 Å². The number of phosphoric acid groups is 1. The van der Waals surface area contributed by atoms with Crippen molar-refractivity contribution in [3.05, 3.63) is 47.5 Å². The Bertz CT molecular complexity index is 1440. The molecule has 3 aliphatic rings. The number of thioether (sulfide) groups is 1. The number of hydrogen-bond donors (Lipinski definition) is 5. The molecule has 0 unspecified atom stereocenters. The van der Waals surface area contributed by atoms with E-state index in [4.69, 9.17) is 4.52 Å². The summed E-state index contributed by atoms with van der Waals surface area (Å²) in [6.07, 6.45) is 9.86. The summed E-state index contributed by atoms with van der Waals surface area (Å²) in [5, 5.41) is 8.86. The highest BCUT2D eigenvalue weighted by molar-refractivity contribution is 7.99. The van der Waals surface area contributed by atoms with Crippen LogP contribution in [0.5, 0.6) is 5.75 Å². The van der Waals surface area contributed by atoms with Crippen molar-refractivity contribution in [2.45, 2.75) is 88.1 Å². The summed E-state index contributed by atoms with van der Waals surface area (Å²) in [7, 11) is -4.78. The van der Waals surface area contributed by atoms with E-state index in [1.165, 1.54) is 56.9 Å². The van der Waals surface area contributed by atoms with Crippen molar-refractivity contribution in [2.24, 2.45) is 5.92 Å². The minimum atomic E-state index is -4.78. The summed E-state index contributed by atoms with van der Waals surface area (Å²) in [5.41, 5.74) is 2.85. The van der Waals surface area contributed by atoms with Gasteiger partial charge in [-0.05, 0) is 60.9 Å². The molecule has 2 aromatic rings. The molecule has 2 aliphatic heterocycles. The van der Waals surface area contributed by atoms with Gasteiger partial charge >= 0.3 is 7.82 Å². The average Bonchev–Trinajstić information content (AvgIpc) is 3.14. The molecule has 0 bridgehead atoms. The number of fused-ring (bicyclic) bond motifs is 2. The van der Waals surface area contributed by atoms with Gasteiger partial charge in [-0.15, -0.1) is 11.8 Å². The summed E-state index contributed by atoms with van der Waals surface area (Å²) < 4.78 is 16.4. The minimum Gasteiger partial charge on any atom is -0.402 e. The molecule has 1 saturated carbocycles. The molecule has 2 aromatic carbocycles. The van der Waals surface area contributed by atoms with Gasteiger partial charge in [-0.25, -0.2) is 4.57 Å². The van der Waals surface area contributed by atoms with E-state index in [0.717, 1.165) is 41.0 Å². The van der Waals surface area contributed by atoms with E-state index in [2.05, 4.69) is 16.0 Å². The lowest BCUT2D eigenvalue weighted by Gasteiger charge is -2.29. The zero-order valence-electron chi connectivity index (χ0n) is 25.6. The quantitative estimate of drug-likeness (QED) is 0.219. The molecule has 13 heteroatoms. The van der Waals surface area contributed by atoms with Gasteiger partial charge in [0.25, 0.3) is 0 Å². The fourth-order valence-electron chi connectivity index (χ4n) is 6.67. The second-order valence-corrected chi connectivity index (χ2v) is 14.3. The van der Waals surface area contributed by atoms with E-state index in [9.17, 15) is 28.7 Å². The third kappa shape index (κ3) is 8.82. The zero-order valence-corrected chi connectivity index (χ0v) is 27.3. The first-order valence-electron chi connectivity index (χ1n) is 15.8. The number of nitrogens with one attached hydrogen (secondary N) is 3. The molecule has 5 N–H and O–H groups in total. The predicted octanol–water partition coefficient (Wildman–Crippen LogP) is 4.55. The Morgan fingerprint density at radius 3 is 2.67 bits per heavy atom. The first kappa shape index (κ1) is 33.3. The second-order valence-electron chi connectivity index (χ2n) is 12.1. The molecule has 0 aromatic heterocycles. The van der Waals surface area contributed by atoms with Crippen molar-refractivity contribution in [1.82, 2.24) is 10.6 Å². The highest BCUT2D eigenvalue weighted by atomic mass is 32.2. The number of nitrogens with zero attached hydrogens (tertiary/aromatic N) is 1. The first-order chi connectivity index (χ1) is 21.6. The summed E-state index contributed by atoms with van der Waals surface area (Å²) >= 11 is 1.53. The van der Waals surface area contributed by atoms with Gasteiger partial charge in [0, 0.05) is 37.1 Å². The largest absolute Gasteiger partial charge is 0.524 e. The third-order valence-electron chi connectivity index (χ3n) is 8.77. The van der Waals surface area contributed by atoms with Crippen molar-refractivity contribution >= 4 is 48.7 Å². The molecule has 1 aliphatic carbocycles. The summed E-state index contributed by atoms with van der Waals surface area (Å²) in [6.45, 7) is 2.52. The number of para-hydroxylation sites is 1. The number of carbonyl (C=O) groups excluding carboxylic acids is 3. The van der Waals surface area contributed by atoms with Crippen LogP contribution in [0.3, 0.4) is 0 Å². The van der Waals surface area contributed by atoms with Crippen LogP contribution in [0.2, 0.25) is 0 Å². The molecular weight excluding hydrogens is 615 g/mol. The maximum Gasteiger partial charge on any atom is 0.524 e. The second kappa shape index (κ2) is 15.0. The Morgan fingerprint density at radius 2 is 1.91 bits per heavy atom. The van der Waals surface area contributed by atoms with Gasteiger partial charge in [0.2, 0.25) is 17.7 Å². The molecule has 45 heavy (non-hydrogen) atoms. The minimum absolute atomic E-state index is 0.0338. The Morgan fingerprint density at radius 1 is 1.13 bits per heavy atom. The molecule has 11 nitrogen and oxygen atoms in total. The van der Waals surface area contributed by atoms with Gasteiger partial charge in [0.1, 0.15) is 12.1 Å². The van der Waals surface area contributed by atoms with Crippen LogP contribution in [0.25, 0.3) is 0 Å². The van der Waals surface area contributed by atoms with Gasteiger partial charge in [-0.1, -0.05) is 50.3 Å². The van der Waals surface area contributed by atoms with Crippen LogP contribution in [0.1, 0.15) is 69.4 Å². The fraction of sp³-hybridized carbons (Fsp3) is 0.531. The molecule has 0 radical (unpaired) electrons. The van der Waals surface area contributed by atoms with E-state index in [0.29, 0.717) is 36.9 Å². The molecule has 244 valence electrons. The van der Waals surface area contributed by atoms with Crippen LogP contribution < -0.4 is 25.4 Å². The van der Waals surface area contributed by atoms with Crippen molar-refractivity contribution in [3.63, 3.8) is 0 Å². The third-order valence-corrected chi connectivity index (χ3v) is 10.4. The van der Waals surface area contributed by atoms with Gasteiger partial charge in [0.05, 0.1) is 11.4 Å². The number of anilines is 2. The van der Waals surface area contributed by atoms with E-state index in [-0.39, 0.29) is 24.0 Å². The van der Waals surface area contributed by atoms with Crippen molar-refractivity contribution in [1.29, 1.82) is 0 Å². The summed E-state index contributed by atoms with van der Waals surface area (Å²) in [5.74, 6) is 0.0874. The lowest BCUT2D eigenvalue weighted by Crippen LogP contribution is -2.55. The maximum atomic E-state index is 14.0. The van der Waals surface area contributed by atoms with Crippen LogP contribution in [-0.4, -0.2) is 58.4 Å². The number of amides is 3. The van der Waals surface area contributed by atoms with Crippen LogP contribution in [0, 0.1) is 5.92 Å². The van der Waals surface area contributed by atoms with Crippen LogP contribution in [0.4, 0.5) is 11.4 Å². The Balaban J connectivity index is 1.33. The molecule has 2 heterocycles. The topological polar surface area (TPSA) is 157 Å². The standard InChI is InChI=1S/C32H43N4O7PS/c1-21(37)34-25(19-23-15-16-28(43-44(40,41)42)30-24(23)12-7-17-33-30)31(38)35-26-20-45-29-14-6-5-13-27(29)36(32(26)39)18-8-11-22-9-3-2-4-10-22/h5-6,13-16,22,25-26,33H,2-4,7-12,17-20H2,1H3,(H,34,37)(H,35,38)(H2,40,41,42)/t25-,26-/m0/s1. The number of hydrogen-bond acceptors (Lipinski definition) is 7. The van der Waals surface area contributed by atoms with E-state index in [1.54, 1.807) is 6.07 Å². The van der Waals surface area contributed by atoms with Crippen LogP contribution in [-0.2, 0) is 31.8 Å². The molecule has 1 fully saturated rings. The molecule has 0 spiro atoms. The Hall–Kier alpha value is -3.05. The molecule has 2 atom stereocenters. The van der Waals surface area contributed by atoms with Gasteiger partial charge < -0.3 is 25.4 Å². The number of carbonyl (C=O) groups is 3. The molecule has 3 amide bonds. The summed E-state index contributed by atoms with van der Waals surface area (Å²) in [6, 6.07) is 9.22. The SMILES string of the molecule is CC(=O)N[C@@H](Cc1ccc(OP(=O)(O)O)c2c1CCCN2)C(=O)N[C@H]1CSc2ccccc2N(CCCC2CCCCC2)C1=O. The first-order valence-corrected chi connectivity index (χ1v) is 18.3. The smallest absolute Gasteiger partial charge is 0.402 e. The van der Waals surface area contributed by atoms with Crippen LogP contribution in [0.15, 0.2) is 41.3 Å². The monoisotopic (exact) mass is 658 g/mol. The van der Waals surface area contributed by atoms with Gasteiger partial charge in [-0.2, -0.15) is 0 Å². The Labute approximate surface area is 268 Å². The highest BCUT2D eigenvalue weighted by Crippen LogP contribution is 2.44. The Kier molecular flexibility index (Phi) is 11.1. The van der Waals surface area contributed by atoms with Crippen molar-refractivity contribution in [2.75, 3.05) is 29.1 Å². The van der Waals surface area contributed by atoms with E-state index in [1.807, 2.05) is 29.2 Å². The van der Waals surface area contributed by atoms with Gasteiger partial charge in [-0.3, -0.25) is 24.2 Å². The maximum absolute atomic E-state index is 14.0. The number of rotatable bonds is 11. The lowest BCUT2D eigenvalue weighted by atomic mass is 9.86. The van der Waals surface area contributed by atoms with Crippen molar-refractivity contribution in [3.8, 4) is 5.75 Å². The zero-order chi connectivity index (χ0) is 32.0. The van der Waals surface area contributed by atoms with E-state index < -0.39 is 25.8 Å². The average molecular weight is 659 g/mol. The molecular formula is C32H43N4O7PS. The number of benzene rings is 2.